The largest absolute Gasteiger partial charge is 0.481 e. The summed E-state index contributed by atoms with van der Waals surface area (Å²) in [7, 11) is 0. The molecular formula is C32H23N3OS3. The Kier molecular flexibility index (Phi) is 7.08. The van der Waals surface area contributed by atoms with Gasteiger partial charge in [-0.2, -0.15) is 0 Å². The van der Waals surface area contributed by atoms with Crippen LogP contribution >= 0.6 is 34.0 Å². The zero-order chi connectivity index (χ0) is 26.8. The Morgan fingerprint density at radius 1 is 0.615 bits per heavy atom. The Morgan fingerprint density at radius 3 is 1.69 bits per heavy atom. The molecule has 39 heavy (non-hydrogen) atoms. The molecule has 4 nitrogen and oxygen atoms in total. The molecule has 3 aromatic carbocycles. The van der Waals surface area contributed by atoms with Crippen LogP contribution in [0.25, 0.3) is 53.7 Å². The average molecular weight is 562 g/mol. The van der Waals surface area contributed by atoms with Crippen LogP contribution < -0.4 is 4.74 Å². The number of aromatic nitrogens is 3. The molecule has 0 saturated heterocycles. The fraction of sp³-hybridized carbons (Fsp3) is 0.0938. The number of hydrogen-bond acceptors (Lipinski definition) is 7. The van der Waals surface area contributed by atoms with Crippen molar-refractivity contribution in [1.29, 1.82) is 0 Å². The Hall–Kier alpha value is -4.09. The first-order valence-corrected chi connectivity index (χ1v) is 14.8. The molecule has 7 heteroatoms. The molecule has 0 amide bonds. The first kappa shape index (κ1) is 25.2. The highest BCUT2D eigenvalue weighted by Gasteiger charge is 2.24. The second-order valence-corrected chi connectivity index (χ2v) is 12.2. The summed E-state index contributed by atoms with van der Waals surface area (Å²) in [6.45, 7) is 4.49. The quantitative estimate of drug-likeness (QED) is 0.183. The van der Waals surface area contributed by atoms with Crippen LogP contribution in [0.15, 0.2) is 84.9 Å². The van der Waals surface area contributed by atoms with Gasteiger partial charge >= 0.3 is 0 Å². The maximum absolute atomic E-state index is 5.53. The van der Waals surface area contributed by atoms with E-state index >= 15 is 0 Å². The van der Waals surface area contributed by atoms with Gasteiger partial charge in [-0.3, -0.25) is 0 Å². The molecule has 3 aromatic heterocycles. The lowest BCUT2D eigenvalue weighted by Crippen LogP contribution is -1.92. The number of aryl methyl sites for hydroxylation is 2. The van der Waals surface area contributed by atoms with Crippen molar-refractivity contribution in [2.45, 2.75) is 13.8 Å². The minimum absolute atomic E-state index is 0.250. The van der Waals surface area contributed by atoms with Gasteiger partial charge in [-0.25, -0.2) is 15.0 Å². The molecule has 0 bridgehead atoms. The van der Waals surface area contributed by atoms with Gasteiger partial charge in [-0.05, 0) is 38.1 Å². The molecule has 0 spiro atoms. The highest BCUT2D eigenvalue weighted by atomic mass is 32.1. The summed E-state index contributed by atoms with van der Waals surface area (Å²) in [5.41, 5.74) is 5.98. The van der Waals surface area contributed by atoms with Gasteiger partial charge in [0.25, 0.3) is 0 Å². The molecule has 0 unspecified atom stereocenters. The summed E-state index contributed by atoms with van der Waals surface area (Å²) >= 11 is 5.04. The SMILES string of the molecule is C#CCOc1ccc(-c2nc(-c3sc(-c4ccccc4)nc3-c3nc(-c4ccccc4)sc3C)c(C)s2)cc1. The van der Waals surface area contributed by atoms with Crippen molar-refractivity contribution in [3.63, 3.8) is 0 Å². The van der Waals surface area contributed by atoms with Crippen LogP contribution in [0.5, 0.6) is 5.75 Å². The standard InChI is InChI=1S/C32H23N3OS3/c1-4-19-36-25-17-15-24(16-18-25)31-34-27(21(3)38-31)29-28(35-32(39-29)23-13-9-6-10-14-23)26-20(2)37-30(33-26)22-11-7-5-8-12-22/h1,5-18H,19H2,2-3H3. The van der Waals surface area contributed by atoms with E-state index in [1.807, 2.05) is 60.7 Å². The van der Waals surface area contributed by atoms with E-state index in [0.29, 0.717) is 0 Å². The third-order valence-corrected chi connectivity index (χ3v) is 9.28. The van der Waals surface area contributed by atoms with Gasteiger partial charge in [0.2, 0.25) is 0 Å². The Balaban J connectivity index is 1.45. The van der Waals surface area contributed by atoms with Gasteiger partial charge < -0.3 is 4.74 Å². The van der Waals surface area contributed by atoms with E-state index in [9.17, 15) is 0 Å². The van der Waals surface area contributed by atoms with E-state index < -0.39 is 0 Å². The molecule has 0 aliphatic carbocycles. The predicted molar refractivity (Wildman–Crippen MR) is 164 cm³/mol. The first-order valence-electron chi connectivity index (χ1n) is 12.3. The first-order chi connectivity index (χ1) is 19.1. The van der Waals surface area contributed by atoms with E-state index in [2.05, 4.69) is 44.0 Å². The highest BCUT2D eigenvalue weighted by Crippen LogP contribution is 2.45. The van der Waals surface area contributed by atoms with Crippen LogP contribution in [-0.2, 0) is 0 Å². The predicted octanol–water partition coefficient (Wildman–Crippen LogP) is 9.02. The molecule has 0 N–H and O–H groups in total. The number of ether oxygens (including phenoxy) is 1. The number of nitrogens with zero attached hydrogens (tertiary/aromatic N) is 3. The lowest BCUT2D eigenvalue weighted by Gasteiger charge is -2.02. The molecule has 0 atom stereocenters. The van der Waals surface area contributed by atoms with Crippen LogP contribution in [0.4, 0.5) is 0 Å². The van der Waals surface area contributed by atoms with Crippen molar-refractivity contribution in [2.75, 3.05) is 6.61 Å². The van der Waals surface area contributed by atoms with Crippen molar-refractivity contribution in [1.82, 2.24) is 15.0 Å². The number of thiazole rings is 3. The lowest BCUT2D eigenvalue weighted by atomic mass is 10.2. The van der Waals surface area contributed by atoms with Crippen molar-refractivity contribution < 1.29 is 4.74 Å². The molecule has 6 aromatic rings. The number of benzene rings is 3. The van der Waals surface area contributed by atoms with Crippen molar-refractivity contribution >= 4 is 34.0 Å². The van der Waals surface area contributed by atoms with Gasteiger partial charge in [0.1, 0.15) is 38.8 Å². The molecule has 0 fully saturated rings. The summed E-state index contributed by atoms with van der Waals surface area (Å²) in [6.07, 6.45) is 5.31. The molecule has 0 radical (unpaired) electrons. The summed E-state index contributed by atoms with van der Waals surface area (Å²) in [4.78, 5) is 18.7. The summed E-state index contributed by atoms with van der Waals surface area (Å²) < 4.78 is 5.53. The average Bonchev–Trinajstić information content (AvgIpc) is 3.69. The van der Waals surface area contributed by atoms with E-state index in [-0.39, 0.29) is 6.61 Å². The third-order valence-electron chi connectivity index (χ3n) is 6.12. The lowest BCUT2D eigenvalue weighted by molar-refractivity contribution is 0.370. The minimum Gasteiger partial charge on any atom is -0.481 e. The molecule has 0 aliphatic heterocycles. The zero-order valence-electron chi connectivity index (χ0n) is 21.3. The van der Waals surface area contributed by atoms with E-state index in [0.717, 1.165) is 69.2 Å². The van der Waals surface area contributed by atoms with Crippen LogP contribution in [0.1, 0.15) is 9.75 Å². The summed E-state index contributed by atoms with van der Waals surface area (Å²) in [5.74, 6) is 3.24. The van der Waals surface area contributed by atoms with E-state index in [1.165, 1.54) is 0 Å². The zero-order valence-corrected chi connectivity index (χ0v) is 23.8. The summed E-state index contributed by atoms with van der Waals surface area (Å²) in [6, 6.07) is 28.5. The van der Waals surface area contributed by atoms with Crippen molar-refractivity contribution in [2.24, 2.45) is 0 Å². The number of rotatable bonds is 7. The Bertz CT molecular complexity index is 1780. The molecule has 6 rings (SSSR count). The van der Waals surface area contributed by atoms with E-state index in [4.69, 9.17) is 26.1 Å². The van der Waals surface area contributed by atoms with Crippen LogP contribution in [0.3, 0.4) is 0 Å². The number of hydrogen-bond donors (Lipinski definition) is 0. The molecular weight excluding hydrogens is 539 g/mol. The van der Waals surface area contributed by atoms with Crippen molar-refractivity contribution in [3.05, 3.63) is 94.7 Å². The highest BCUT2D eigenvalue weighted by molar-refractivity contribution is 7.20. The monoisotopic (exact) mass is 561 g/mol. The van der Waals surface area contributed by atoms with Crippen LogP contribution in [0, 0.1) is 26.2 Å². The fourth-order valence-electron chi connectivity index (χ4n) is 4.21. The molecule has 0 saturated carbocycles. The molecule has 0 aliphatic rings. The maximum Gasteiger partial charge on any atom is 0.148 e. The van der Waals surface area contributed by atoms with Crippen LogP contribution in [0.2, 0.25) is 0 Å². The molecule has 190 valence electrons. The van der Waals surface area contributed by atoms with Gasteiger partial charge in [-0.15, -0.1) is 40.4 Å². The third kappa shape index (κ3) is 5.15. The fourth-order valence-corrected chi connectivity index (χ4v) is 7.24. The smallest absolute Gasteiger partial charge is 0.148 e. The normalized spacial score (nSPS) is 10.9. The minimum atomic E-state index is 0.250. The van der Waals surface area contributed by atoms with Gasteiger partial charge in [0, 0.05) is 26.4 Å². The van der Waals surface area contributed by atoms with Gasteiger partial charge in [0.05, 0.1) is 10.6 Å². The maximum atomic E-state index is 5.53. The number of terminal acetylenes is 1. The van der Waals surface area contributed by atoms with Crippen LogP contribution in [-0.4, -0.2) is 21.6 Å². The second-order valence-electron chi connectivity index (χ2n) is 8.79. The van der Waals surface area contributed by atoms with E-state index in [1.54, 1.807) is 34.0 Å². The van der Waals surface area contributed by atoms with Crippen molar-refractivity contribution in [3.8, 4) is 71.8 Å². The van der Waals surface area contributed by atoms with Gasteiger partial charge in [0.15, 0.2) is 0 Å². The topological polar surface area (TPSA) is 47.9 Å². The Labute approximate surface area is 239 Å². The molecule has 3 heterocycles. The Morgan fingerprint density at radius 2 is 1.10 bits per heavy atom. The summed E-state index contributed by atoms with van der Waals surface area (Å²) in [5, 5.41) is 2.90. The second kappa shape index (κ2) is 11.0. The van der Waals surface area contributed by atoms with Gasteiger partial charge in [-0.1, -0.05) is 66.6 Å².